The van der Waals surface area contributed by atoms with Gasteiger partial charge in [-0.25, -0.2) is 8.42 Å². The summed E-state index contributed by atoms with van der Waals surface area (Å²) in [5.74, 6) is -1.96. The van der Waals surface area contributed by atoms with Crippen LogP contribution in [0.5, 0.6) is 0 Å². The van der Waals surface area contributed by atoms with Crippen molar-refractivity contribution in [3.63, 3.8) is 0 Å². The Morgan fingerprint density at radius 3 is 2.73 bits per heavy atom. The van der Waals surface area contributed by atoms with E-state index in [1.165, 1.54) is 0 Å². The van der Waals surface area contributed by atoms with Gasteiger partial charge in [0, 0.05) is 10.2 Å². The summed E-state index contributed by atoms with van der Waals surface area (Å²) in [5, 5.41) is 2.62. The third kappa shape index (κ3) is 4.54. The lowest BCUT2D eigenvalue weighted by Crippen LogP contribution is -2.25. The summed E-state index contributed by atoms with van der Waals surface area (Å²) in [5.41, 5.74) is 1.57. The number of hydrogen-bond donors (Lipinski definition) is 1. The molecule has 0 aromatic heterocycles. The molecule has 0 radical (unpaired) electrons. The van der Waals surface area contributed by atoms with Gasteiger partial charge in [-0.05, 0) is 37.1 Å². The molecule has 0 saturated carbocycles. The lowest BCUT2D eigenvalue weighted by atomic mass is 10.1. The molecule has 0 spiro atoms. The Labute approximate surface area is 137 Å². The van der Waals surface area contributed by atoms with Crippen LogP contribution in [0.3, 0.4) is 0 Å². The van der Waals surface area contributed by atoms with Gasteiger partial charge in [-0.15, -0.1) is 0 Å². The standard InChI is InChI=1S/C14H16BrNO5S/c1-9-6-11(2-3-12(9)15)16-13(17)7-21-14(18)10-4-5-22(19,20)8-10/h2-3,6,10H,4-5,7-8H2,1H3,(H,16,17). The van der Waals surface area contributed by atoms with Crippen LogP contribution in [-0.2, 0) is 24.2 Å². The van der Waals surface area contributed by atoms with E-state index in [1.54, 1.807) is 18.2 Å². The fraction of sp³-hybridized carbons (Fsp3) is 0.429. The van der Waals surface area contributed by atoms with E-state index in [0.29, 0.717) is 5.69 Å². The van der Waals surface area contributed by atoms with Crippen LogP contribution in [0.25, 0.3) is 0 Å². The van der Waals surface area contributed by atoms with E-state index in [4.69, 9.17) is 4.74 Å². The van der Waals surface area contributed by atoms with Crippen molar-refractivity contribution in [2.45, 2.75) is 13.3 Å². The number of aryl methyl sites for hydroxylation is 1. The molecular formula is C14H16BrNO5S. The predicted octanol–water partition coefficient (Wildman–Crippen LogP) is 1.67. The average Bonchev–Trinajstić information content (AvgIpc) is 2.81. The smallest absolute Gasteiger partial charge is 0.310 e. The maximum Gasteiger partial charge on any atom is 0.310 e. The van der Waals surface area contributed by atoms with Crippen molar-refractivity contribution < 1.29 is 22.7 Å². The van der Waals surface area contributed by atoms with Gasteiger partial charge >= 0.3 is 5.97 Å². The minimum atomic E-state index is -3.14. The minimum absolute atomic E-state index is 0.00284. The molecule has 6 nitrogen and oxygen atoms in total. The van der Waals surface area contributed by atoms with Crippen molar-refractivity contribution in [1.29, 1.82) is 0 Å². The Hall–Kier alpha value is -1.41. The summed E-state index contributed by atoms with van der Waals surface area (Å²) in [6.07, 6.45) is 0.259. The van der Waals surface area contributed by atoms with Crippen LogP contribution in [0.1, 0.15) is 12.0 Å². The van der Waals surface area contributed by atoms with Crippen molar-refractivity contribution in [1.82, 2.24) is 0 Å². The van der Waals surface area contributed by atoms with Crippen molar-refractivity contribution in [3.8, 4) is 0 Å². The highest BCUT2D eigenvalue weighted by molar-refractivity contribution is 9.10. The topological polar surface area (TPSA) is 89.5 Å². The SMILES string of the molecule is Cc1cc(NC(=O)COC(=O)C2CCS(=O)(=O)C2)ccc1Br. The largest absolute Gasteiger partial charge is 0.455 e. The molecule has 1 aliphatic heterocycles. The fourth-order valence-corrected chi connectivity index (χ4v) is 4.13. The number of ether oxygens (including phenoxy) is 1. The highest BCUT2D eigenvalue weighted by Gasteiger charge is 2.34. The summed E-state index contributed by atoms with van der Waals surface area (Å²) in [7, 11) is -3.14. The van der Waals surface area contributed by atoms with E-state index >= 15 is 0 Å². The number of anilines is 1. The molecule has 1 aromatic carbocycles. The molecule has 1 unspecified atom stereocenters. The maximum absolute atomic E-state index is 11.7. The van der Waals surface area contributed by atoms with Crippen molar-refractivity contribution >= 4 is 43.3 Å². The molecule has 1 amide bonds. The molecule has 2 rings (SSSR count). The van der Waals surface area contributed by atoms with E-state index in [0.717, 1.165) is 10.0 Å². The average molecular weight is 390 g/mol. The van der Waals surface area contributed by atoms with Crippen molar-refractivity contribution in [2.75, 3.05) is 23.4 Å². The first-order valence-corrected chi connectivity index (χ1v) is 9.31. The fourth-order valence-electron chi connectivity index (χ4n) is 2.15. The zero-order valence-corrected chi connectivity index (χ0v) is 14.4. The number of amides is 1. The zero-order valence-electron chi connectivity index (χ0n) is 12.0. The second kappa shape index (κ2) is 6.78. The van der Waals surface area contributed by atoms with Gasteiger partial charge in [0.05, 0.1) is 17.4 Å². The van der Waals surface area contributed by atoms with Gasteiger partial charge in [-0.1, -0.05) is 15.9 Å². The summed E-state index contributed by atoms with van der Waals surface area (Å²) in [6, 6.07) is 5.31. The number of rotatable bonds is 4. The molecule has 1 heterocycles. The summed E-state index contributed by atoms with van der Waals surface area (Å²) < 4.78 is 28.4. The molecule has 1 aliphatic rings. The molecule has 0 aliphatic carbocycles. The Kier molecular flexibility index (Phi) is 5.23. The molecular weight excluding hydrogens is 374 g/mol. The predicted molar refractivity (Wildman–Crippen MR) is 85.2 cm³/mol. The second-order valence-electron chi connectivity index (χ2n) is 5.22. The van der Waals surface area contributed by atoms with Crippen molar-refractivity contribution in [3.05, 3.63) is 28.2 Å². The Balaban J connectivity index is 1.82. The number of hydrogen-bond acceptors (Lipinski definition) is 5. The normalized spacial score (nSPS) is 19.6. The van der Waals surface area contributed by atoms with Crippen LogP contribution >= 0.6 is 15.9 Å². The van der Waals surface area contributed by atoms with Crippen LogP contribution in [-0.4, -0.2) is 38.4 Å². The number of carbonyl (C=O) groups excluding carboxylic acids is 2. The monoisotopic (exact) mass is 389 g/mol. The van der Waals surface area contributed by atoms with Gasteiger partial charge in [-0.2, -0.15) is 0 Å². The molecule has 8 heteroatoms. The number of carbonyl (C=O) groups is 2. The number of sulfone groups is 1. The van der Waals surface area contributed by atoms with Crippen molar-refractivity contribution in [2.24, 2.45) is 5.92 Å². The van der Waals surface area contributed by atoms with Crippen LogP contribution < -0.4 is 5.32 Å². The Morgan fingerprint density at radius 2 is 2.14 bits per heavy atom. The van der Waals surface area contributed by atoms with E-state index in [-0.39, 0.29) is 17.9 Å². The second-order valence-corrected chi connectivity index (χ2v) is 8.30. The molecule has 1 N–H and O–H groups in total. The molecule has 22 heavy (non-hydrogen) atoms. The number of benzene rings is 1. The number of halogens is 1. The zero-order chi connectivity index (χ0) is 16.3. The summed E-state index contributed by atoms with van der Waals surface area (Å²) in [6.45, 7) is 1.46. The van der Waals surface area contributed by atoms with Gasteiger partial charge in [0.2, 0.25) is 0 Å². The third-order valence-electron chi connectivity index (χ3n) is 3.35. The van der Waals surface area contributed by atoms with Gasteiger partial charge in [-0.3, -0.25) is 9.59 Å². The lowest BCUT2D eigenvalue weighted by Gasteiger charge is -2.10. The summed E-state index contributed by atoms with van der Waals surface area (Å²) in [4.78, 5) is 23.5. The van der Waals surface area contributed by atoms with Gasteiger partial charge in [0.25, 0.3) is 5.91 Å². The minimum Gasteiger partial charge on any atom is -0.455 e. The number of esters is 1. The lowest BCUT2D eigenvalue weighted by molar-refractivity contribution is -0.150. The Bertz CT molecular complexity index is 701. The van der Waals surface area contributed by atoms with Crippen LogP contribution in [0.2, 0.25) is 0 Å². The van der Waals surface area contributed by atoms with Gasteiger partial charge in [0.15, 0.2) is 16.4 Å². The van der Waals surface area contributed by atoms with E-state index in [1.807, 2.05) is 6.92 Å². The van der Waals surface area contributed by atoms with Gasteiger partial charge in [0.1, 0.15) is 0 Å². The van der Waals surface area contributed by atoms with E-state index in [2.05, 4.69) is 21.2 Å². The molecule has 1 aromatic rings. The molecule has 1 fully saturated rings. The van der Waals surface area contributed by atoms with Gasteiger partial charge < -0.3 is 10.1 Å². The van der Waals surface area contributed by atoms with Crippen LogP contribution in [0.15, 0.2) is 22.7 Å². The number of nitrogens with one attached hydrogen (secondary N) is 1. The summed E-state index contributed by atoms with van der Waals surface area (Å²) >= 11 is 3.36. The highest BCUT2D eigenvalue weighted by Crippen LogP contribution is 2.21. The quantitative estimate of drug-likeness (QED) is 0.791. The maximum atomic E-state index is 11.7. The first kappa shape index (κ1) is 17.0. The van der Waals surface area contributed by atoms with Crippen LogP contribution in [0.4, 0.5) is 5.69 Å². The van der Waals surface area contributed by atoms with Crippen LogP contribution in [0, 0.1) is 12.8 Å². The molecule has 1 atom stereocenters. The molecule has 1 saturated heterocycles. The third-order valence-corrected chi connectivity index (χ3v) is 6.01. The molecule has 0 bridgehead atoms. The Morgan fingerprint density at radius 1 is 1.41 bits per heavy atom. The van der Waals surface area contributed by atoms with E-state index < -0.39 is 34.2 Å². The highest BCUT2D eigenvalue weighted by atomic mass is 79.9. The first-order valence-electron chi connectivity index (χ1n) is 6.70. The molecule has 120 valence electrons. The first-order chi connectivity index (χ1) is 10.3. The van der Waals surface area contributed by atoms with E-state index in [9.17, 15) is 18.0 Å².